The average Bonchev–Trinajstić information content (AvgIpc) is 3.40. The monoisotopic (exact) mass is 610 g/mol. The van der Waals surface area contributed by atoms with Crippen molar-refractivity contribution in [2.75, 3.05) is 17.5 Å². The number of carboxylic acid groups (broad SMARTS) is 1. The van der Waals surface area contributed by atoms with Crippen LogP contribution >= 0.6 is 0 Å². The number of nitrogens with one attached hydrogen (secondary N) is 1. The maximum atomic E-state index is 13.9. The van der Waals surface area contributed by atoms with E-state index in [-0.39, 0.29) is 35.6 Å². The summed E-state index contributed by atoms with van der Waals surface area (Å²) in [5.41, 5.74) is 0.923. The normalized spacial score (nSPS) is 14.7. The second-order valence-electron chi connectivity index (χ2n) is 9.72. The van der Waals surface area contributed by atoms with Gasteiger partial charge in [-0.15, -0.1) is 0 Å². The standard InChI is InChI=1S/C31H25F3N2O6S/c32-31(33,34)24-8-3-6-21(17-24)20-11-13-26(14-12-20)43(40,41)36-27-10-2-1-5-22(27)19-28(36)29(37)35-15-16-42-25-9-4-7-23(18-25)30(38)39/h1-14,17-18,28H,15-16,19H2,(H,35,37)(H,38,39)/t28-/m0/s1. The number of ether oxygens (including phenoxy) is 1. The summed E-state index contributed by atoms with van der Waals surface area (Å²) in [4.78, 5) is 24.3. The summed E-state index contributed by atoms with van der Waals surface area (Å²) in [6.45, 7) is 0.0424. The third kappa shape index (κ3) is 6.33. The molecule has 0 unspecified atom stereocenters. The van der Waals surface area contributed by atoms with Crippen molar-refractivity contribution in [3.63, 3.8) is 0 Å². The Bertz CT molecular complexity index is 1780. The Hall–Kier alpha value is -4.84. The molecule has 0 aromatic heterocycles. The first-order chi connectivity index (χ1) is 20.4. The number of hydrogen-bond acceptors (Lipinski definition) is 5. The van der Waals surface area contributed by atoms with Gasteiger partial charge < -0.3 is 15.2 Å². The molecule has 12 heteroatoms. The van der Waals surface area contributed by atoms with Gasteiger partial charge in [-0.25, -0.2) is 13.2 Å². The molecule has 0 radical (unpaired) electrons. The lowest BCUT2D eigenvalue weighted by molar-refractivity contribution is -0.137. The maximum Gasteiger partial charge on any atom is 0.416 e. The van der Waals surface area contributed by atoms with Crippen molar-refractivity contribution in [2.45, 2.75) is 23.5 Å². The largest absolute Gasteiger partial charge is 0.492 e. The third-order valence-corrected chi connectivity index (χ3v) is 8.75. The summed E-state index contributed by atoms with van der Waals surface area (Å²) in [5.74, 6) is -1.35. The summed E-state index contributed by atoms with van der Waals surface area (Å²) in [7, 11) is -4.26. The van der Waals surface area contributed by atoms with Crippen LogP contribution < -0.4 is 14.4 Å². The van der Waals surface area contributed by atoms with Crippen LogP contribution in [0, 0.1) is 0 Å². The molecule has 0 fully saturated rings. The van der Waals surface area contributed by atoms with Crippen molar-refractivity contribution < 1.29 is 41.0 Å². The minimum Gasteiger partial charge on any atom is -0.492 e. The van der Waals surface area contributed by atoms with Gasteiger partial charge in [-0.05, 0) is 65.2 Å². The molecule has 1 heterocycles. The first-order valence-corrected chi connectivity index (χ1v) is 14.5. The Morgan fingerprint density at radius 3 is 2.35 bits per heavy atom. The fraction of sp³-hybridized carbons (Fsp3) is 0.161. The lowest BCUT2D eigenvalue weighted by atomic mass is 10.0. The highest BCUT2D eigenvalue weighted by molar-refractivity contribution is 7.93. The Kier molecular flexibility index (Phi) is 8.14. The predicted molar refractivity (Wildman–Crippen MR) is 152 cm³/mol. The Labute approximate surface area is 245 Å². The number of para-hydroxylation sites is 1. The highest BCUT2D eigenvalue weighted by atomic mass is 32.2. The van der Waals surface area contributed by atoms with E-state index in [0.29, 0.717) is 22.6 Å². The quantitative estimate of drug-likeness (QED) is 0.246. The van der Waals surface area contributed by atoms with E-state index in [2.05, 4.69) is 5.32 Å². The number of amides is 1. The van der Waals surface area contributed by atoms with Crippen molar-refractivity contribution in [3.05, 3.63) is 114 Å². The number of halogens is 3. The summed E-state index contributed by atoms with van der Waals surface area (Å²) < 4.78 is 73.9. The smallest absolute Gasteiger partial charge is 0.416 e. The van der Waals surface area contributed by atoms with Crippen LogP contribution in [-0.4, -0.2) is 44.6 Å². The molecule has 222 valence electrons. The van der Waals surface area contributed by atoms with Crippen molar-refractivity contribution in [1.29, 1.82) is 0 Å². The number of sulfonamides is 1. The number of carboxylic acids is 1. The van der Waals surface area contributed by atoms with Crippen molar-refractivity contribution in [2.24, 2.45) is 0 Å². The number of benzene rings is 4. The fourth-order valence-corrected chi connectivity index (χ4v) is 6.49. The lowest BCUT2D eigenvalue weighted by Gasteiger charge is -2.26. The van der Waals surface area contributed by atoms with Gasteiger partial charge in [-0.3, -0.25) is 9.10 Å². The highest BCUT2D eigenvalue weighted by Crippen LogP contribution is 2.38. The number of aromatic carboxylic acids is 1. The minimum atomic E-state index is -4.52. The van der Waals surface area contributed by atoms with Crippen molar-refractivity contribution in [1.82, 2.24) is 5.32 Å². The Balaban J connectivity index is 1.33. The first-order valence-electron chi connectivity index (χ1n) is 13.1. The second-order valence-corrected chi connectivity index (χ2v) is 11.5. The second kappa shape index (κ2) is 11.8. The molecule has 0 spiro atoms. The van der Waals surface area contributed by atoms with E-state index in [1.807, 2.05) is 0 Å². The van der Waals surface area contributed by atoms with Gasteiger partial charge in [0.05, 0.1) is 28.3 Å². The number of alkyl halides is 3. The maximum absolute atomic E-state index is 13.9. The summed E-state index contributed by atoms with van der Waals surface area (Å²) in [6.07, 6.45) is -4.39. The van der Waals surface area contributed by atoms with Crippen LogP contribution in [0.25, 0.3) is 11.1 Å². The molecule has 4 aromatic rings. The van der Waals surface area contributed by atoms with Gasteiger partial charge in [0.1, 0.15) is 18.4 Å². The zero-order chi connectivity index (χ0) is 30.8. The van der Waals surface area contributed by atoms with Gasteiger partial charge in [0.2, 0.25) is 5.91 Å². The van der Waals surface area contributed by atoms with Gasteiger partial charge in [-0.1, -0.05) is 48.5 Å². The molecular formula is C31H25F3N2O6S. The number of rotatable bonds is 9. The van der Waals surface area contributed by atoms with E-state index in [9.17, 15) is 31.2 Å². The van der Waals surface area contributed by atoms with Gasteiger partial charge in [0, 0.05) is 6.42 Å². The van der Waals surface area contributed by atoms with Crippen LogP contribution in [0.15, 0.2) is 102 Å². The minimum absolute atomic E-state index is 0.0121. The topological polar surface area (TPSA) is 113 Å². The molecule has 1 amide bonds. The van der Waals surface area contributed by atoms with E-state index in [1.165, 1.54) is 54.6 Å². The van der Waals surface area contributed by atoms with Gasteiger partial charge in [-0.2, -0.15) is 13.2 Å². The van der Waals surface area contributed by atoms with Crippen LogP contribution in [-0.2, 0) is 27.4 Å². The molecule has 1 aliphatic rings. The van der Waals surface area contributed by atoms with Crippen LogP contribution in [0.1, 0.15) is 21.5 Å². The zero-order valence-corrected chi connectivity index (χ0v) is 23.2. The third-order valence-electron chi connectivity index (χ3n) is 6.91. The average molecular weight is 611 g/mol. The van der Waals surface area contributed by atoms with E-state index in [1.54, 1.807) is 30.3 Å². The number of anilines is 1. The number of carbonyl (C=O) groups excluding carboxylic acids is 1. The summed E-state index contributed by atoms with van der Waals surface area (Å²) in [6, 6.07) is 21.7. The SMILES string of the molecule is O=C(O)c1cccc(OCCNC(=O)[C@@H]2Cc3ccccc3N2S(=O)(=O)c2ccc(-c3cccc(C(F)(F)F)c3)cc2)c1. The predicted octanol–water partition coefficient (Wildman–Crippen LogP) is 5.39. The van der Waals surface area contributed by atoms with E-state index < -0.39 is 39.7 Å². The fourth-order valence-electron chi connectivity index (χ4n) is 4.84. The molecule has 0 aliphatic carbocycles. The number of fused-ring (bicyclic) bond motifs is 1. The summed E-state index contributed by atoms with van der Waals surface area (Å²) >= 11 is 0. The molecule has 1 aliphatic heterocycles. The van der Waals surface area contributed by atoms with E-state index in [4.69, 9.17) is 9.84 Å². The van der Waals surface area contributed by atoms with Crippen LogP contribution in [0.3, 0.4) is 0 Å². The summed E-state index contributed by atoms with van der Waals surface area (Å²) in [5, 5.41) is 11.8. The molecule has 4 aromatic carbocycles. The zero-order valence-electron chi connectivity index (χ0n) is 22.4. The molecule has 1 atom stereocenters. The molecule has 0 saturated carbocycles. The highest BCUT2D eigenvalue weighted by Gasteiger charge is 2.42. The molecule has 5 rings (SSSR count). The van der Waals surface area contributed by atoms with Crippen LogP contribution in [0.5, 0.6) is 5.75 Å². The van der Waals surface area contributed by atoms with Gasteiger partial charge in [0.25, 0.3) is 10.0 Å². The van der Waals surface area contributed by atoms with E-state index in [0.717, 1.165) is 16.4 Å². The first kappa shape index (κ1) is 29.6. The molecule has 0 bridgehead atoms. The van der Waals surface area contributed by atoms with Crippen molar-refractivity contribution in [3.8, 4) is 16.9 Å². The molecule has 2 N–H and O–H groups in total. The van der Waals surface area contributed by atoms with Crippen LogP contribution in [0.4, 0.5) is 18.9 Å². The van der Waals surface area contributed by atoms with Gasteiger partial charge >= 0.3 is 12.1 Å². The van der Waals surface area contributed by atoms with Crippen LogP contribution in [0.2, 0.25) is 0 Å². The number of carbonyl (C=O) groups is 2. The number of hydrogen-bond donors (Lipinski definition) is 2. The lowest BCUT2D eigenvalue weighted by Crippen LogP contribution is -2.48. The molecule has 0 saturated heterocycles. The van der Waals surface area contributed by atoms with Gasteiger partial charge in [0.15, 0.2) is 0 Å². The molecule has 43 heavy (non-hydrogen) atoms. The molecule has 8 nitrogen and oxygen atoms in total. The van der Waals surface area contributed by atoms with E-state index >= 15 is 0 Å². The number of nitrogens with zero attached hydrogens (tertiary/aromatic N) is 1. The Morgan fingerprint density at radius 2 is 1.63 bits per heavy atom. The van der Waals surface area contributed by atoms with Crippen molar-refractivity contribution >= 4 is 27.6 Å². The molecular weight excluding hydrogens is 585 g/mol. The Morgan fingerprint density at radius 1 is 0.907 bits per heavy atom.